The first-order valence-corrected chi connectivity index (χ1v) is 5.56. The van der Waals surface area contributed by atoms with E-state index in [1.807, 2.05) is 13.8 Å². The van der Waals surface area contributed by atoms with Crippen LogP contribution in [0.15, 0.2) is 0 Å². The number of hydrogen-bond donors (Lipinski definition) is 1. The number of carbonyl (C=O) groups is 1. The van der Waals surface area contributed by atoms with Crippen molar-refractivity contribution in [1.29, 1.82) is 0 Å². The van der Waals surface area contributed by atoms with E-state index in [9.17, 15) is 4.79 Å². The summed E-state index contributed by atoms with van der Waals surface area (Å²) < 4.78 is 10.5. The minimum atomic E-state index is -0.205. The number of esters is 1. The molecular weight excluding hydrogens is 194 g/mol. The van der Waals surface area contributed by atoms with Crippen LogP contribution >= 0.6 is 0 Å². The van der Waals surface area contributed by atoms with Gasteiger partial charge < -0.3 is 14.8 Å². The van der Waals surface area contributed by atoms with Crippen LogP contribution in [0.4, 0.5) is 0 Å². The Balaban J connectivity index is 2.60. The molecule has 4 nitrogen and oxygen atoms in total. The first-order chi connectivity index (χ1) is 7.10. The van der Waals surface area contributed by atoms with Crippen LogP contribution in [0.5, 0.6) is 0 Å². The number of nitrogens with one attached hydrogen (secondary N) is 1. The van der Waals surface area contributed by atoms with E-state index in [-0.39, 0.29) is 30.1 Å². The van der Waals surface area contributed by atoms with Crippen LogP contribution < -0.4 is 5.32 Å². The highest BCUT2D eigenvalue weighted by Gasteiger charge is 2.40. The van der Waals surface area contributed by atoms with Gasteiger partial charge in [0.2, 0.25) is 0 Å². The van der Waals surface area contributed by atoms with Crippen LogP contribution in [0.2, 0.25) is 0 Å². The lowest BCUT2D eigenvalue weighted by Gasteiger charge is -2.22. The molecule has 15 heavy (non-hydrogen) atoms. The van der Waals surface area contributed by atoms with Gasteiger partial charge in [-0.25, -0.2) is 0 Å². The Kier molecular flexibility index (Phi) is 4.54. The molecule has 1 aliphatic heterocycles. The molecule has 1 N–H and O–H groups in total. The highest BCUT2D eigenvalue weighted by Crippen LogP contribution is 2.24. The number of methoxy groups -OCH3 is 1. The van der Waals surface area contributed by atoms with Gasteiger partial charge in [0.1, 0.15) is 6.04 Å². The Hall–Kier alpha value is -0.610. The van der Waals surface area contributed by atoms with E-state index in [2.05, 4.69) is 12.2 Å². The quantitative estimate of drug-likeness (QED) is 0.709. The van der Waals surface area contributed by atoms with Crippen LogP contribution in [0.3, 0.4) is 0 Å². The molecular formula is C11H21NO3. The molecule has 0 aliphatic carbocycles. The Morgan fingerprint density at radius 2 is 2.20 bits per heavy atom. The Morgan fingerprint density at radius 1 is 1.53 bits per heavy atom. The van der Waals surface area contributed by atoms with E-state index in [1.165, 1.54) is 7.11 Å². The fourth-order valence-corrected chi connectivity index (χ4v) is 2.14. The maximum atomic E-state index is 11.5. The molecule has 3 atom stereocenters. The predicted octanol–water partition coefficient (Wildman–Crippen LogP) is 0.951. The van der Waals surface area contributed by atoms with Gasteiger partial charge in [0, 0.05) is 12.5 Å². The van der Waals surface area contributed by atoms with Gasteiger partial charge in [-0.15, -0.1) is 0 Å². The Bertz CT molecular complexity index is 218. The zero-order valence-corrected chi connectivity index (χ0v) is 9.95. The zero-order valence-electron chi connectivity index (χ0n) is 9.95. The van der Waals surface area contributed by atoms with Gasteiger partial charge in [-0.2, -0.15) is 0 Å². The lowest BCUT2D eigenvalue weighted by Crippen LogP contribution is -2.37. The molecule has 1 aliphatic rings. The fraction of sp³-hybridized carbons (Fsp3) is 0.909. The second-order valence-electron chi connectivity index (χ2n) is 4.20. The SMILES string of the molecule is CC[C@H]1C(OC(C)C)CN[C@@H]1C(=O)OC. The Labute approximate surface area is 91.3 Å². The van der Waals surface area contributed by atoms with Gasteiger partial charge in [-0.05, 0) is 20.3 Å². The summed E-state index contributed by atoms with van der Waals surface area (Å²) in [5, 5.41) is 3.16. The van der Waals surface area contributed by atoms with Gasteiger partial charge in [-0.3, -0.25) is 4.79 Å². The molecule has 0 amide bonds. The summed E-state index contributed by atoms with van der Waals surface area (Å²) in [4.78, 5) is 11.5. The van der Waals surface area contributed by atoms with E-state index >= 15 is 0 Å². The normalized spacial score (nSPS) is 30.9. The number of carbonyl (C=O) groups excluding carboxylic acids is 1. The molecule has 0 aromatic heterocycles. The monoisotopic (exact) mass is 215 g/mol. The van der Waals surface area contributed by atoms with E-state index in [1.54, 1.807) is 0 Å². The van der Waals surface area contributed by atoms with Crippen molar-refractivity contribution in [3.8, 4) is 0 Å². The van der Waals surface area contributed by atoms with Crippen molar-refractivity contribution < 1.29 is 14.3 Å². The third-order valence-electron chi connectivity index (χ3n) is 2.82. The average Bonchev–Trinajstić information content (AvgIpc) is 2.58. The molecule has 1 heterocycles. The molecule has 0 bridgehead atoms. The van der Waals surface area contributed by atoms with Crippen molar-refractivity contribution in [1.82, 2.24) is 5.32 Å². The lowest BCUT2D eigenvalue weighted by molar-refractivity contribution is -0.144. The molecule has 0 spiro atoms. The minimum absolute atomic E-state index is 0.124. The van der Waals surface area contributed by atoms with Crippen molar-refractivity contribution in [2.45, 2.75) is 45.4 Å². The molecule has 0 aromatic carbocycles. The van der Waals surface area contributed by atoms with Crippen LogP contribution in [0, 0.1) is 5.92 Å². The molecule has 4 heteroatoms. The summed E-state index contributed by atoms with van der Waals surface area (Å²) >= 11 is 0. The Morgan fingerprint density at radius 3 is 2.67 bits per heavy atom. The lowest BCUT2D eigenvalue weighted by atomic mass is 9.95. The van der Waals surface area contributed by atoms with Crippen LogP contribution in [-0.2, 0) is 14.3 Å². The fourth-order valence-electron chi connectivity index (χ4n) is 2.14. The topological polar surface area (TPSA) is 47.6 Å². The van der Waals surface area contributed by atoms with Gasteiger partial charge in [0.25, 0.3) is 0 Å². The maximum absolute atomic E-state index is 11.5. The van der Waals surface area contributed by atoms with Crippen molar-refractivity contribution in [2.24, 2.45) is 5.92 Å². The van der Waals surface area contributed by atoms with E-state index < -0.39 is 0 Å². The van der Waals surface area contributed by atoms with E-state index in [4.69, 9.17) is 9.47 Å². The van der Waals surface area contributed by atoms with Crippen molar-refractivity contribution in [3.05, 3.63) is 0 Å². The smallest absolute Gasteiger partial charge is 0.323 e. The summed E-state index contributed by atoms with van der Waals surface area (Å²) in [5.74, 6) is 0.0385. The zero-order chi connectivity index (χ0) is 11.4. The molecule has 1 saturated heterocycles. The molecule has 1 unspecified atom stereocenters. The van der Waals surface area contributed by atoms with Crippen LogP contribution in [0.25, 0.3) is 0 Å². The molecule has 0 saturated carbocycles. The molecule has 88 valence electrons. The summed E-state index contributed by atoms with van der Waals surface area (Å²) in [6.07, 6.45) is 1.24. The maximum Gasteiger partial charge on any atom is 0.323 e. The van der Waals surface area contributed by atoms with Crippen LogP contribution in [-0.4, -0.2) is 37.9 Å². The summed E-state index contributed by atoms with van der Waals surface area (Å²) in [6.45, 7) is 6.83. The average molecular weight is 215 g/mol. The van der Waals surface area contributed by atoms with Crippen molar-refractivity contribution >= 4 is 5.97 Å². The number of ether oxygens (including phenoxy) is 2. The summed E-state index contributed by atoms with van der Waals surface area (Å²) in [5.41, 5.74) is 0. The highest BCUT2D eigenvalue weighted by atomic mass is 16.5. The number of rotatable bonds is 4. The number of hydrogen-bond acceptors (Lipinski definition) is 4. The van der Waals surface area contributed by atoms with E-state index in [0.717, 1.165) is 13.0 Å². The molecule has 1 fully saturated rings. The molecule has 1 rings (SSSR count). The second kappa shape index (κ2) is 5.47. The first kappa shape index (κ1) is 12.5. The second-order valence-corrected chi connectivity index (χ2v) is 4.20. The first-order valence-electron chi connectivity index (χ1n) is 5.56. The summed E-state index contributed by atoms with van der Waals surface area (Å²) in [7, 11) is 1.42. The standard InChI is InChI=1S/C11H21NO3/c1-5-8-9(15-7(2)3)6-12-10(8)11(13)14-4/h7-10,12H,5-6H2,1-4H3/t8-,9?,10-/m0/s1. The van der Waals surface area contributed by atoms with Gasteiger partial charge in [-0.1, -0.05) is 6.92 Å². The minimum Gasteiger partial charge on any atom is -0.468 e. The largest absolute Gasteiger partial charge is 0.468 e. The molecule has 0 radical (unpaired) electrons. The van der Waals surface area contributed by atoms with Gasteiger partial charge in [0.15, 0.2) is 0 Å². The van der Waals surface area contributed by atoms with Crippen molar-refractivity contribution in [2.75, 3.05) is 13.7 Å². The molecule has 0 aromatic rings. The summed E-state index contributed by atoms with van der Waals surface area (Å²) in [6, 6.07) is -0.205. The van der Waals surface area contributed by atoms with Gasteiger partial charge >= 0.3 is 5.97 Å². The predicted molar refractivity (Wildman–Crippen MR) is 57.6 cm³/mol. The van der Waals surface area contributed by atoms with E-state index in [0.29, 0.717) is 0 Å². The van der Waals surface area contributed by atoms with Crippen molar-refractivity contribution in [3.63, 3.8) is 0 Å². The highest BCUT2D eigenvalue weighted by molar-refractivity contribution is 5.76. The van der Waals surface area contributed by atoms with Gasteiger partial charge in [0.05, 0.1) is 19.3 Å². The third kappa shape index (κ3) is 2.92. The van der Waals surface area contributed by atoms with Crippen LogP contribution in [0.1, 0.15) is 27.2 Å². The third-order valence-corrected chi connectivity index (χ3v) is 2.82.